The number of halogens is 2. The summed E-state index contributed by atoms with van der Waals surface area (Å²) in [6.45, 7) is 8.54. The number of amides is 1. The molecular weight excluding hydrogens is 272 g/mol. The van der Waals surface area contributed by atoms with E-state index in [0.29, 0.717) is 5.69 Å². The first kappa shape index (κ1) is 17.3. The van der Waals surface area contributed by atoms with Crippen molar-refractivity contribution >= 4 is 11.6 Å². The van der Waals surface area contributed by atoms with Crippen molar-refractivity contribution in [2.75, 3.05) is 5.32 Å². The van der Waals surface area contributed by atoms with Gasteiger partial charge in [0.15, 0.2) is 0 Å². The highest BCUT2D eigenvalue weighted by molar-refractivity contribution is 5.91. The Morgan fingerprint density at radius 2 is 2.00 bits per heavy atom. The van der Waals surface area contributed by atoms with Gasteiger partial charge in [-0.1, -0.05) is 17.7 Å². The molecule has 21 heavy (non-hydrogen) atoms. The van der Waals surface area contributed by atoms with Crippen LogP contribution in [-0.2, 0) is 11.2 Å². The van der Waals surface area contributed by atoms with E-state index >= 15 is 0 Å². The van der Waals surface area contributed by atoms with E-state index in [-0.39, 0.29) is 12.3 Å². The first-order chi connectivity index (χ1) is 9.67. The molecule has 0 aliphatic heterocycles. The van der Waals surface area contributed by atoms with Crippen molar-refractivity contribution in [3.63, 3.8) is 0 Å². The highest BCUT2D eigenvalue weighted by atomic mass is 19.3. The van der Waals surface area contributed by atoms with E-state index in [2.05, 4.69) is 11.9 Å². The number of allylic oxidation sites excluding steroid dienone is 1. The molecule has 1 amide bonds. The van der Waals surface area contributed by atoms with Crippen LogP contribution in [0.3, 0.4) is 0 Å². The van der Waals surface area contributed by atoms with Gasteiger partial charge in [-0.3, -0.25) is 4.79 Å². The lowest BCUT2D eigenvalue weighted by Gasteiger charge is -2.12. The minimum atomic E-state index is -2.81. The van der Waals surface area contributed by atoms with Crippen LogP contribution in [-0.4, -0.2) is 11.8 Å². The molecule has 0 saturated heterocycles. The number of hydrogen-bond donors (Lipinski definition) is 1. The number of alkyl halides is 2. The van der Waals surface area contributed by atoms with Gasteiger partial charge in [-0.2, -0.15) is 0 Å². The van der Waals surface area contributed by atoms with Crippen molar-refractivity contribution < 1.29 is 13.6 Å². The first-order valence-corrected chi connectivity index (χ1v) is 7.09. The van der Waals surface area contributed by atoms with Crippen molar-refractivity contribution in [2.24, 2.45) is 0 Å². The highest BCUT2D eigenvalue weighted by Gasteiger charge is 2.22. The van der Waals surface area contributed by atoms with E-state index in [9.17, 15) is 13.6 Å². The fourth-order valence-corrected chi connectivity index (χ4v) is 1.86. The average Bonchev–Trinajstić information content (AvgIpc) is 2.36. The van der Waals surface area contributed by atoms with Crippen molar-refractivity contribution in [3.05, 3.63) is 41.5 Å². The standard InChI is InChI=1S/C17H23F2NO/c1-12(2)5-7-14-8-6-13(3)15(11-14)20-16(21)9-10-17(4,18)19/h6,8,11H,1,5,7,9-10H2,2-4H3,(H,20,21). The van der Waals surface area contributed by atoms with Crippen LogP contribution in [0.4, 0.5) is 14.5 Å². The third kappa shape index (κ3) is 7.02. The number of carbonyl (C=O) groups is 1. The highest BCUT2D eigenvalue weighted by Crippen LogP contribution is 2.21. The Bertz CT molecular complexity index is 518. The molecule has 0 radical (unpaired) electrons. The third-order valence-corrected chi connectivity index (χ3v) is 3.21. The number of rotatable bonds is 7. The quantitative estimate of drug-likeness (QED) is 0.714. The smallest absolute Gasteiger partial charge is 0.245 e. The van der Waals surface area contributed by atoms with E-state index < -0.39 is 12.3 Å². The van der Waals surface area contributed by atoms with Gasteiger partial charge in [0, 0.05) is 18.5 Å². The van der Waals surface area contributed by atoms with E-state index in [1.165, 1.54) is 0 Å². The maximum Gasteiger partial charge on any atom is 0.245 e. The second kappa shape index (κ2) is 7.34. The van der Waals surface area contributed by atoms with Crippen LogP contribution in [0.5, 0.6) is 0 Å². The van der Waals surface area contributed by atoms with Crippen LogP contribution in [0, 0.1) is 6.92 Å². The van der Waals surface area contributed by atoms with Crippen LogP contribution in [0.2, 0.25) is 0 Å². The molecule has 0 saturated carbocycles. The number of nitrogens with one attached hydrogen (secondary N) is 1. The summed E-state index contributed by atoms with van der Waals surface area (Å²) >= 11 is 0. The number of carbonyl (C=O) groups excluding carboxylic acids is 1. The van der Waals surface area contributed by atoms with E-state index in [4.69, 9.17) is 0 Å². The molecule has 0 aliphatic carbocycles. The summed E-state index contributed by atoms with van der Waals surface area (Å²) in [6, 6.07) is 5.84. The minimum Gasteiger partial charge on any atom is -0.326 e. The lowest BCUT2D eigenvalue weighted by Crippen LogP contribution is -2.18. The topological polar surface area (TPSA) is 29.1 Å². The number of hydrogen-bond acceptors (Lipinski definition) is 1. The Morgan fingerprint density at radius 1 is 1.33 bits per heavy atom. The third-order valence-electron chi connectivity index (χ3n) is 3.21. The molecule has 116 valence electrons. The summed E-state index contributed by atoms with van der Waals surface area (Å²) < 4.78 is 25.5. The Morgan fingerprint density at radius 3 is 2.57 bits per heavy atom. The molecule has 1 aromatic carbocycles. The normalized spacial score (nSPS) is 11.3. The second-order valence-corrected chi connectivity index (χ2v) is 5.72. The second-order valence-electron chi connectivity index (χ2n) is 5.72. The van der Waals surface area contributed by atoms with Crippen LogP contribution in [0.15, 0.2) is 30.4 Å². The molecule has 1 aromatic rings. The molecule has 1 N–H and O–H groups in total. The summed E-state index contributed by atoms with van der Waals surface area (Å²) in [7, 11) is 0. The molecule has 1 rings (SSSR count). The largest absolute Gasteiger partial charge is 0.326 e. The van der Waals surface area contributed by atoms with Gasteiger partial charge >= 0.3 is 0 Å². The molecule has 0 aromatic heterocycles. The van der Waals surface area contributed by atoms with E-state index in [1.54, 1.807) is 0 Å². The fraction of sp³-hybridized carbons (Fsp3) is 0.471. The number of aryl methyl sites for hydroxylation is 2. The van der Waals surface area contributed by atoms with Gasteiger partial charge in [0.25, 0.3) is 0 Å². The zero-order valence-electron chi connectivity index (χ0n) is 12.9. The number of benzene rings is 1. The SMILES string of the molecule is C=C(C)CCc1ccc(C)c(NC(=O)CCC(C)(F)F)c1. The predicted molar refractivity (Wildman–Crippen MR) is 82.8 cm³/mol. The Kier molecular flexibility index (Phi) is 6.06. The van der Waals surface area contributed by atoms with Crippen molar-refractivity contribution in [1.29, 1.82) is 0 Å². The molecule has 2 nitrogen and oxygen atoms in total. The molecule has 0 fully saturated rings. The Labute approximate surface area is 125 Å². The summed E-state index contributed by atoms with van der Waals surface area (Å²) in [6.07, 6.45) is 1.12. The molecule has 0 atom stereocenters. The molecule has 0 bridgehead atoms. The van der Waals surface area contributed by atoms with Crippen molar-refractivity contribution in [1.82, 2.24) is 0 Å². The van der Waals surface area contributed by atoms with Crippen LogP contribution < -0.4 is 5.32 Å². The van der Waals surface area contributed by atoms with E-state index in [1.807, 2.05) is 32.0 Å². The lowest BCUT2D eigenvalue weighted by molar-refractivity contribution is -0.118. The van der Waals surface area contributed by atoms with Gasteiger partial charge in [0.2, 0.25) is 11.8 Å². The summed E-state index contributed by atoms with van der Waals surface area (Å²) in [4.78, 5) is 11.7. The maximum absolute atomic E-state index is 12.8. The summed E-state index contributed by atoms with van der Waals surface area (Å²) in [5, 5.41) is 2.72. The van der Waals surface area contributed by atoms with Crippen LogP contribution in [0.1, 0.15) is 44.2 Å². The van der Waals surface area contributed by atoms with Crippen molar-refractivity contribution in [3.8, 4) is 0 Å². The first-order valence-electron chi connectivity index (χ1n) is 7.09. The maximum atomic E-state index is 12.8. The molecule has 0 spiro atoms. The Hall–Kier alpha value is -1.71. The molecular formula is C17H23F2NO. The van der Waals surface area contributed by atoms with Crippen LogP contribution >= 0.6 is 0 Å². The average molecular weight is 295 g/mol. The molecule has 0 heterocycles. The van der Waals surface area contributed by atoms with Gasteiger partial charge in [0.05, 0.1) is 0 Å². The zero-order chi connectivity index (χ0) is 16.0. The number of anilines is 1. The van der Waals surface area contributed by atoms with Gasteiger partial charge in [0.1, 0.15) is 0 Å². The zero-order valence-corrected chi connectivity index (χ0v) is 12.9. The monoisotopic (exact) mass is 295 g/mol. The molecule has 0 unspecified atom stereocenters. The van der Waals surface area contributed by atoms with Gasteiger partial charge in [-0.15, -0.1) is 6.58 Å². The lowest BCUT2D eigenvalue weighted by atomic mass is 10.0. The van der Waals surface area contributed by atoms with Crippen molar-refractivity contribution in [2.45, 2.75) is 52.4 Å². The Balaban J connectivity index is 2.67. The summed E-state index contributed by atoms with van der Waals surface area (Å²) in [5.74, 6) is -3.19. The van der Waals surface area contributed by atoms with Gasteiger partial charge < -0.3 is 5.32 Å². The molecule has 4 heteroatoms. The molecule has 0 aliphatic rings. The fourth-order valence-electron chi connectivity index (χ4n) is 1.86. The van der Waals surface area contributed by atoms with E-state index in [0.717, 1.165) is 36.5 Å². The van der Waals surface area contributed by atoms with Gasteiger partial charge in [-0.05, 0) is 50.8 Å². The van der Waals surface area contributed by atoms with Crippen LogP contribution in [0.25, 0.3) is 0 Å². The van der Waals surface area contributed by atoms with Gasteiger partial charge in [-0.25, -0.2) is 8.78 Å². The predicted octanol–water partition coefficient (Wildman–Crippen LogP) is 4.88. The summed E-state index contributed by atoms with van der Waals surface area (Å²) in [5.41, 5.74) is 3.82. The minimum absolute atomic E-state index is 0.182.